The minimum absolute atomic E-state index is 0.0132. The number of piperidine rings is 1. The second-order valence-electron chi connectivity index (χ2n) is 7.00. The summed E-state index contributed by atoms with van der Waals surface area (Å²) in [5.41, 5.74) is 0.917. The number of aromatic nitrogens is 2. The van der Waals surface area contributed by atoms with Gasteiger partial charge in [-0.05, 0) is 36.0 Å². The average Bonchev–Trinajstić information content (AvgIpc) is 3.06. The molecule has 0 bridgehead atoms. The maximum Gasteiger partial charge on any atom is 0.270 e. The van der Waals surface area contributed by atoms with Gasteiger partial charge in [-0.2, -0.15) is 0 Å². The summed E-state index contributed by atoms with van der Waals surface area (Å²) in [4.78, 5) is 42.3. The Morgan fingerprint density at radius 3 is 2.65 bits per heavy atom. The number of nitrogens with zero attached hydrogens (tertiary/aromatic N) is 3. The Kier molecular flexibility index (Phi) is 4.06. The van der Waals surface area contributed by atoms with Gasteiger partial charge < -0.3 is 14.8 Å². The molecule has 1 saturated heterocycles. The Bertz CT molecular complexity index is 897. The highest BCUT2D eigenvalue weighted by molar-refractivity contribution is 5.93. The molecule has 3 atom stereocenters. The van der Waals surface area contributed by atoms with Gasteiger partial charge in [0.2, 0.25) is 5.91 Å². The van der Waals surface area contributed by atoms with E-state index in [4.69, 9.17) is 0 Å². The van der Waals surface area contributed by atoms with Crippen LogP contribution in [-0.2, 0) is 11.8 Å². The monoisotopic (exact) mass is 352 g/mol. The Balaban J connectivity index is 1.32. The lowest BCUT2D eigenvalue weighted by atomic mass is 10.1. The zero-order valence-corrected chi connectivity index (χ0v) is 14.5. The third kappa shape index (κ3) is 3.00. The Labute approximate surface area is 150 Å². The number of pyridine rings is 2. The van der Waals surface area contributed by atoms with Crippen molar-refractivity contribution in [3.63, 3.8) is 0 Å². The summed E-state index contributed by atoms with van der Waals surface area (Å²) in [5.74, 6) is 0.950. The van der Waals surface area contributed by atoms with Gasteiger partial charge in [-0.3, -0.25) is 19.4 Å². The molecule has 7 nitrogen and oxygen atoms in total. The fourth-order valence-corrected chi connectivity index (χ4v) is 3.92. The van der Waals surface area contributed by atoms with Crippen LogP contribution in [0.2, 0.25) is 0 Å². The van der Waals surface area contributed by atoms with Crippen LogP contribution in [0, 0.1) is 17.8 Å². The van der Waals surface area contributed by atoms with E-state index in [1.165, 1.54) is 10.6 Å². The molecule has 1 aliphatic carbocycles. The van der Waals surface area contributed by atoms with Crippen LogP contribution in [-0.4, -0.2) is 39.4 Å². The van der Waals surface area contributed by atoms with Crippen LogP contribution >= 0.6 is 0 Å². The lowest BCUT2D eigenvalue weighted by Crippen LogP contribution is -2.35. The second-order valence-corrected chi connectivity index (χ2v) is 7.00. The first kappa shape index (κ1) is 16.5. The summed E-state index contributed by atoms with van der Waals surface area (Å²) in [6, 6.07) is 8.31. The van der Waals surface area contributed by atoms with Crippen LogP contribution < -0.4 is 10.9 Å². The normalized spacial score (nSPS) is 23.4. The number of hydrogen-bond acceptors (Lipinski definition) is 4. The number of fused-ring (bicyclic) bond motifs is 1. The molecule has 2 aliphatic rings. The molecule has 1 unspecified atom stereocenters. The molecule has 2 aromatic rings. The predicted octanol–water partition coefficient (Wildman–Crippen LogP) is 1.13. The number of anilines is 1. The van der Waals surface area contributed by atoms with Gasteiger partial charge in [0, 0.05) is 38.8 Å². The maximum atomic E-state index is 12.6. The lowest BCUT2D eigenvalue weighted by molar-refractivity contribution is -0.116. The molecule has 26 heavy (non-hydrogen) atoms. The van der Waals surface area contributed by atoms with Gasteiger partial charge in [-0.15, -0.1) is 0 Å². The highest BCUT2D eigenvalue weighted by atomic mass is 16.2. The van der Waals surface area contributed by atoms with Crippen molar-refractivity contribution in [2.24, 2.45) is 24.8 Å². The quantitative estimate of drug-likeness (QED) is 0.894. The van der Waals surface area contributed by atoms with Crippen LogP contribution in [0.25, 0.3) is 0 Å². The number of carbonyl (C=O) groups excluding carboxylic acids is 2. The van der Waals surface area contributed by atoms with E-state index in [1.54, 1.807) is 42.5 Å². The van der Waals surface area contributed by atoms with Gasteiger partial charge in [0.15, 0.2) is 0 Å². The third-order valence-electron chi connectivity index (χ3n) is 5.43. The van der Waals surface area contributed by atoms with Crippen LogP contribution in [0.3, 0.4) is 0 Å². The van der Waals surface area contributed by atoms with Crippen LogP contribution in [0.1, 0.15) is 16.9 Å². The first-order valence-corrected chi connectivity index (χ1v) is 8.70. The molecule has 1 N–H and O–H groups in total. The fraction of sp³-hybridized carbons (Fsp3) is 0.368. The molecule has 0 spiro atoms. The minimum Gasteiger partial charge on any atom is -0.337 e. The Hall–Kier alpha value is -2.96. The molecule has 0 aromatic carbocycles. The second kappa shape index (κ2) is 6.40. The number of likely N-dealkylation sites (tertiary alicyclic amines) is 1. The zero-order chi connectivity index (χ0) is 18.3. The number of hydrogen-bond donors (Lipinski definition) is 1. The number of rotatable bonds is 4. The molecule has 1 aliphatic heterocycles. The van der Waals surface area contributed by atoms with Crippen molar-refractivity contribution in [2.75, 3.05) is 18.4 Å². The van der Waals surface area contributed by atoms with Crippen molar-refractivity contribution in [1.29, 1.82) is 0 Å². The van der Waals surface area contributed by atoms with Gasteiger partial charge >= 0.3 is 0 Å². The van der Waals surface area contributed by atoms with Crippen LogP contribution in [0.15, 0.2) is 47.5 Å². The van der Waals surface area contributed by atoms with Crippen molar-refractivity contribution >= 4 is 17.5 Å². The fourth-order valence-electron chi connectivity index (χ4n) is 3.92. The molecule has 2 amide bonds. The van der Waals surface area contributed by atoms with E-state index in [2.05, 4.69) is 10.3 Å². The molecular formula is C19H20N4O3. The van der Waals surface area contributed by atoms with E-state index in [9.17, 15) is 14.4 Å². The summed E-state index contributed by atoms with van der Waals surface area (Å²) in [6.07, 6.45) is 3.75. The van der Waals surface area contributed by atoms with E-state index in [0.29, 0.717) is 48.6 Å². The summed E-state index contributed by atoms with van der Waals surface area (Å²) in [5, 5.41) is 2.86. The highest BCUT2D eigenvalue weighted by Crippen LogP contribution is 2.53. The largest absolute Gasteiger partial charge is 0.337 e. The maximum absolute atomic E-state index is 12.6. The van der Waals surface area contributed by atoms with Crippen LogP contribution in [0.4, 0.5) is 5.69 Å². The number of carbonyl (C=O) groups is 2. The van der Waals surface area contributed by atoms with Crippen molar-refractivity contribution in [3.05, 3.63) is 58.8 Å². The molecule has 1 saturated carbocycles. The number of nitrogens with one attached hydrogen (secondary N) is 1. The lowest BCUT2D eigenvalue weighted by Gasteiger charge is -2.21. The topological polar surface area (TPSA) is 84.3 Å². The van der Waals surface area contributed by atoms with Crippen LogP contribution in [0.5, 0.6) is 0 Å². The summed E-state index contributed by atoms with van der Waals surface area (Å²) in [6.45, 7) is 1.30. The standard InChI is InChI=1S/C19H20N4O3/c1-22-16(5-2-6-18(22)25)19(26)23-10-14-13(15(14)11-23)8-17(24)21-12-4-3-7-20-9-12/h2-7,9,13-15H,8,10-11H2,1H3,(H,21,24)/t13?,14-,15+. The molecular weight excluding hydrogens is 332 g/mol. The Morgan fingerprint density at radius 2 is 1.96 bits per heavy atom. The van der Waals surface area contributed by atoms with Gasteiger partial charge in [-0.25, -0.2) is 0 Å². The first-order valence-electron chi connectivity index (χ1n) is 8.70. The van der Waals surface area contributed by atoms with Crippen molar-refractivity contribution < 1.29 is 9.59 Å². The van der Waals surface area contributed by atoms with Gasteiger partial charge in [0.1, 0.15) is 5.69 Å². The SMILES string of the molecule is Cn1c(C(=O)N2C[C@@H]3C(CC(=O)Nc4cccnc4)[C@@H]3C2)cccc1=O. The zero-order valence-electron chi connectivity index (χ0n) is 14.5. The summed E-state index contributed by atoms with van der Waals surface area (Å²) < 4.78 is 1.38. The molecule has 7 heteroatoms. The average molecular weight is 352 g/mol. The molecule has 2 aromatic heterocycles. The highest BCUT2D eigenvalue weighted by Gasteiger charge is 2.57. The first-order chi connectivity index (χ1) is 12.5. The number of amides is 2. The molecule has 134 valence electrons. The van der Waals surface area contributed by atoms with E-state index < -0.39 is 0 Å². The molecule has 4 rings (SSSR count). The molecule has 2 fully saturated rings. The van der Waals surface area contributed by atoms with E-state index >= 15 is 0 Å². The Morgan fingerprint density at radius 1 is 1.19 bits per heavy atom. The van der Waals surface area contributed by atoms with Gasteiger partial charge in [0.25, 0.3) is 11.5 Å². The van der Waals surface area contributed by atoms with Gasteiger partial charge in [0.05, 0.1) is 11.9 Å². The van der Waals surface area contributed by atoms with Crippen molar-refractivity contribution in [1.82, 2.24) is 14.5 Å². The summed E-state index contributed by atoms with van der Waals surface area (Å²) >= 11 is 0. The minimum atomic E-state index is -0.190. The van der Waals surface area contributed by atoms with E-state index in [-0.39, 0.29) is 17.4 Å². The molecule has 0 radical (unpaired) electrons. The third-order valence-corrected chi connectivity index (χ3v) is 5.43. The van der Waals surface area contributed by atoms with E-state index in [0.717, 1.165) is 0 Å². The molecule has 3 heterocycles. The van der Waals surface area contributed by atoms with Crippen molar-refractivity contribution in [3.8, 4) is 0 Å². The van der Waals surface area contributed by atoms with E-state index in [1.807, 2.05) is 6.07 Å². The van der Waals surface area contributed by atoms with Gasteiger partial charge in [-0.1, -0.05) is 6.07 Å². The smallest absolute Gasteiger partial charge is 0.270 e. The van der Waals surface area contributed by atoms with Crippen molar-refractivity contribution in [2.45, 2.75) is 6.42 Å². The predicted molar refractivity (Wildman–Crippen MR) is 95.5 cm³/mol. The summed E-state index contributed by atoms with van der Waals surface area (Å²) in [7, 11) is 1.61.